The van der Waals surface area contributed by atoms with Crippen molar-refractivity contribution < 1.29 is 4.74 Å². The molecule has 1 atom stereocenters. The molecular formula is C12H19NO. The fourth-order valence-electron chi connectivity index (χ4n) is 1.32. The average molecular weight is 193 g/mol. The quantitative estimate of drug-likeness (QED) is 0.800. The van der Waals surface area contributed by atoms with Crippen LogP contribution in [0.2, 0.25) is 0 Å². The number of nitrogens with two attached hydrogens (primary N) is 1. The standard InChI is InChI=1S/C12H19NO/c1-9(14-4)10-5-7-11(8-6-10)12(2,3)13/h5-9H,13H2,1-4H3. The SMILES string of the molecule is COC(C)c1ccc(C(C)(C)N)cc1. The van der Waals surface area contributed by atoms with Crippen molar-refractivity contribution in [3.05, 3.63) is 35.4 Å². The minimum Gasteiger partial charge on any atom is -0.377 e. The number of rotatable bonds is 3. The Morgan fingerprint density at radius 1 is 1.21 bits per heavy atom. The van der Waals surface area contributed by atoms with Gasteiger partial charge in [0.2, 0.25) is 0 Å². The van der Waals surface area contributed by atoms with E-state index in [2.05, 4.69) is 24.3 Å². The number of ether oxygens (including phenoxy) is 1. The van der Waals surface area contributed by atoms with Gasteiger partial charge in [0.05, 0.1) is 6.10 Å². The lowest BCUT2D eigenvalue weighted by molar-refractivity contribution is 0.119. The van der Waals surface area contributed by atoms with Crippen LogP contribution in [0.3, 0.4) is 0 Å². The molecular weight excluding hydrogens is 174 g/mol. The predicted octanol–water partition coefficient (Wildman–Crippen LogP) is 2.59. The summed E-state index contributed by atoms with van der Waals surface area (Å²) in [5, 5.41) is 0. The van der Waals surface area contributed by atoms with Crippen LogP contribution in [-0.4, -0.2) is 7.11 Å². The minimum atomic E-state index is -0.269. The molecule has 14 heavy (non-hydrogen) atoms. The van der Waals surface area contributed by atoms with E-state index in [4.69, 9.17) is 10.5 Å². The fraction of sp³-hybridized carbons (Fsp3) is 0.500. The Balaban J connectivity index is 2.89. The van der Waals surface area contributed by atoms with E-state index in [0.717, 1.165) is 5.56 Å². The number of methoxy groups -OCH3 is 1. The second-order valence-electron chi connectivity index (χ2n) is 4.22. The van der Waals surface area contributed by atoms with Gasteiger partial charge in [0.15, 0.2) is 0 Å². The topological polar surface area (TPSA) is 35.2 Å². The highest BCUT2D eigenvalue weighted by Crippen LogP contribution is 2.21. The third kappa shape index (κ3) is 2.56. The second kappa shape index (κ2) is 4.11. The molecule has 78 valence electrons. The van der Waals surface area contributed by atoms with E-state index in [1.54, 1.807) is 7.11 Å². The van der Waals surface area contributed by atoms with Crippen LogP contribution in [0.15, 0.2) is 24.3 Å². The molecule has 0 spiro atoms. The highest BCUT2D eigenvalue weighted by Gasteiger charge is 2.13. The van der Waals surface area contributed by atoms with Crippen molar-refractivity contribution in [2.45, 2.75) is 32.4 Å². The van der Waals surface area contributed by atoms with Crippen LogP contribution in [0.4, 0.5) is 0 Å². The van der Waals surface area contributed by atoms with Gasteiger partial charge in [-0.3, -0.25) is 0 Å². The van der Waals surface area contributed by atoms with Crippen molar-refractivity contribution in [2.24, 2.45) is 5.73 Å². The van der Waals surface area contributed by atoms with Gasteiger partial charge in [-0.1, -0.05) is 24.3 Å². The first-order valence-corrected chi connectivity index (χ1v) is 4.87. The molecule has 0 radical (unpaired) electrons. The van der Waals surface area contributed by atoms with Gasteiger partial charge in [-0.15, -0.1) is 0 Å². The van der Waals surface area contributed by atoms with E-state index in [0.29, 0.717) is 0 Å². The Labute approximate surface area is 86.1 Å². The van der Waals surface area contributed by atoms with Crippen molar-refractivity contribution in [1.82, 2.24) is 0 Å². The van der Waals surface area contributed by atoms with Crippen LogP contribution >= 0.6 is 0 Å². The third-order valence-electron chi connectivity index (χ3n) is 2.48. The molecule has 1 aromatic rings. The molecule has 2 heteroatoms. The Morgan fingerprint density at radius 3 is 2.07 bits per heavy atom. The summed E-state index contributed by atoms with van der Waals surface area (Å²) in [5.74, 6) is 0. The first kappa shape index (κ1) is 11.2. The maximum absolute atomic E-state index is 5.98. The maximum Gasteiger partial charge on any atom is 0.0793 e. The summed E-state index contributed by atoms with van der Waals surface area (Å²) >= 11 is 0. The number of benzene rings is 1. The molecule has 2 nitrogen and oxygen atoms in total. The van der Waals surface area contributed by atoms with Gasteiger partial charge in [0, 0.05) is 12.6 Å². The second-order valence-corrected chi connectivity index (χ2v) is 4.22. The van der Waals surface area contributed by atoms with Crippen LogP contribution in [-0.2, 0) is 10.3 Å². The van der Waals surface area contributed by atoms with Gasteiger partial charge in [-0.05, 0) is 31.9 Å². The fourth-order valence-corrected chi connectivity index (χ4v) is 1.32. The Hall–Kier alpha value is -0.860. The Kier molecular flexibility index (Phi) is 3.29. The predicted molar refractivity (Wildman–Crippen MR) is 59.1 cm³/mol. The summed E-state index contributed by atoms with van der Waals surface area (Å²) in [4.78, 5) is 0. The molecule has 0 aromatic heterocycles. The normalized spacial score (nSPS) is 14.1. The van der Waals surface area contributed by atoms with Crippen molar-refractivity contribution in [3.8, 4) is 0 Å². The van der Waals surface area contributed by atoms with Crippen molar-refractivity contribution >= 4 is 0 Å². The molecule has 0 bridgehead atoms. The molecule has 1 unspecified atom stereocenters. The zero-order valence-electron chi connectivity index (χ0n) is 9.37. The molecule has 0 heterocycles. The van der Waals surface area contributed by atoms with Gasteiger partial charge in [0.1, 0.15) is 0 Å². The van der Waals surface area contributed by atoms with E-state index in [-0.39, 0.29) is 11.6 Å². The van der Waals surface area contributed by atoms with E-state index in [9.17, 15) is 0 Å². The van der Waals surface area contributed by atoms with Crippen molar-refractivity contribution in [2.75, 3.05) is 7.11 Å². The van der Waals surface area contributed by atoms with E-state index in [1.165, 1.54) is 5.56 Å². The van der Waals surface area contributed by atoms with Crippen molar-refractivity contribution in [3.63, 3.8) is 0 Å². The van der Waals surface area contributed by atoms with E-state index >= 15 is 0 Å². The third-order valence-corrected chi connectivity index (χ3v) is 2.48. The highest BCUT2D eigenvalue weighted by atomic mass is 16.5. The molecule has 0 aliphatic heterocycles. The Bertz CT molecular complexity index is 284. The van der Waals surface area contributed by atoms with Gasteiger partial charge >= 0.3 is 0 Å². The summed E-state index contributed by atoms with van der Waals surface area (Å²) in [6, 6.07) is 8.26. The lowest BCUT2D eigenvalue weighted by Gasteiger charge is -2.20. The average Bonchev–Trinajstić information content (AvgIpc) is 2.15. The van der Waals surface area contributed by atoms with Gasteiger partial charge in [0.25, 0.3) is 0 Å². The molecule has 1 rings (SSSR count). The van der Waals surface area contributed by atoms with E-state index < -0.39 is 0 Å². The van der Waals surface area contributed by atoms with Crippen LogP contribution in [0, 0.1) is 0 Å². The number of hydrogen-bond acceptors (Lipinski definition) is 2. The van der Waals surface area contributed by atoms with Crippen LogP contribution < -0.4 is 5.73 Å². The zero-order valence-corrected chi connectivity index (χ0v) is 9.37. The molecule has 1 aromatic carbocycles. The Morgan fingerprint density at radius 2 is 1.71 bits per heavy atom. The molecule has 0 fully saturated rings. The van der Waals surface area contributed by atoms with Gasteiger partial charge in [-0.2, -0.15) is 0 Å². The van der Waals surface area contributed by atoms with E-state index in [1.807, 2.05) is 20.8 Å². The van der Waals surface area contributed by atoms with Gasteiger partial charge in [-0.25, -0.2) is 0 Å². The van der Waals surface area contributed by atoms with Crippen LogP contribution in [0.25, 0.3) is 0 Å². The zero-order chi connectivity index (χ0) is 10.8. The molecule has 0 aliphatic rings. The molecule has 0 saturated carbocycles. The van der Waals surface area contributed by atoms with Crippen LogP contribution in [0.1, 0.15) is 38.0 Å². The smallest absolute Gasteiger partial charge is 0.0793 e. The number of hydrogen-bond donors (Lipinski definition) is 1. The molecule has 0 aliphatic carbocycles. The highest BCUT2D eigenvalue weighted by molar-refractivity contribution is 5.28. The van der Waals surface area contributed by atoms with Gasteiger partial charge < -0.3 is 10.5 Å². The summed E-state index contributed by atoms with van der Waals surface area (Å²) in [5.41, 5.74) is 8.04. The van der Waals surface area contributed by atoms with Crippen molar-refractivity contribution in [1.29, 1.82) is 0 Å². The maximum atomic E-state index is 5.98. The summed E-state index contributed by atoms with van der Waals surface area (Å²) in [6.45, 7) is 6.03. The molecule has 0 saturated heterocycles. The first-order valence-electron chi connectivity index (χ1n) is 4.87. The summed E-state index contributed by atoms with van der Waals surface area (Å²) in [7, 11) is 1.71. The molecule has 2 N–H and O–H groups in total. The largest absolute Gasteiger partial charge is 0.377 e. The van der Waals surface area contributed by atoms with Crippen LogP contribution in [0.5, 0.6) is 0 Å². The monoisotopic (exact) mass is 193 g/mol. The minimum absolute atomic E-state index is 0.143. The summed E-state index contributed by atoms with van der Waals surface area (Å²) in [6.07, 6.45) is 0.143. The summed E-state index contributed by atoms with van der Waals surface area (Å²) < 4.78 is 5.23. The molecule has 0 amide bonds. The lowest BCUT2D eigenvalue weighted by atomic mass is 9.94. The lowest BCUT2D eigenvalue weighted by Crippen LogP contribution is -2.28. The first-order chi connectivity index (χ1) is 6.45.